The maximum atomic E-state index is 12.5. The fraction of sp³-hybridized carbons (Fsp3) is 0.476. The van der Waals surface area contributed by atoms with Gasteiger partial charge in [0.15, 0.2) is 0 Å². The zero-order chi connectivity index (χ0) is 20.0. The molecule has 0 aliphatic rings. The number of aromatic nitrogens is 2. The summed E-state index contributed by atoms with van der Waals surface area (Å²) >= 11 is 0. The summed E-state index contributed by atoms with van der Waals surface area (Å²) in [6.45, 7) is 6.81. The summed E-state index contributed by atoms with van der Waals surface area (Å²) < 4.78 is 6.58. The van der Waals surface area contributed by atoms with Gasteiger partial charge in [0.25, 0.3) is 5.91 Å². The number of ether oxygens (including phenoxy) is 1. The number of unbranched alkanes of at least 4 members (excludes halogenated alkanes) is 1. The van der Waals surface area contributed by atoms with Crippen molar-refractivity contribution in [2.45, 2.75) is 46.5 Å². The minimum absolute atomic E-state index is 0.0298. The lowest BCUT2D eigenvalue weighted by Crippen LogP contribution is -2.27. The molecule has 0 radical (unpaired) electrons. The molecule has 1 aromatic heterocycles. The van der Waals surface area contributed by atoms with Crippen LogP contribution in [0.4, 0.5) is 0 Å². The van der Waals surface area contributed by atoms with Crippen molar-refractivity contribution in [3.05, 3.63) is 46.8 Å². The highest BCUT2D eigenvalue weighted by Gasteiger charge is 2.15. The fourth-order valence-corrected chi connectivity index (χ4v) is 3.08. The lowest BCUT2D eigenvalue weighted by Gasteiger charge is -2.17. The van der Waals surface area contributed by atoms with Crippen molar-refractivity contribution in [3.8, 4) is 5.69 Å². The van der Waals surface area contributed by atoms with Crippen molar-refractivity contribution in [2.24, 2.45) is 0 Å². The zero-order valence-corrected chi connectivity index (χ0v) is 16.9. The van der Waals surface area contributed by atoms with Gasteiger partial charge in [-0.3, -0.25) is 9.59 Å². The number of amides is 1. The maximum Gasteiger partial charge on any atom is 0.305 e. The van der Waals surface area contributed by atoms with E-state index in [1.165, 1.54) is 7.11 Å². The second kappa shape index (κ2) is 9.35. The van der Waals surface area contributed by atoms with Crippen molar-refractivity contribution < 1.29 is 14.3 Å². The van der Waals surface area contributed by atoms with Crippen molar-refractivity contribution >= 4 is 11.9 Å². The van der Waals surface area contributed by atoms with Crippen molar-refractivity contribution in [2.75, 3.05) is 20.7 Å². The van der Waals surface area contributed by atoms with Crippen LogP contribution in [0.2, 0.25) is 0 Å². The summed E-state index contributed by atoms with van der Waals surface area (Å²) in [6, 6.07) is 7.49. The standard InChI is InChI=1S/C21H29N3O3/c1-6-7-14-23(4)21(26)17-8-10-18(11-9-17)24-16(3)19(15(2)22-24)12-13-20(25)27-5/h8-11H,6-7,12-14H2,1-5H3. The quantitative estimate of drug-likeness (QED) is 0.667. The Morgan fingerprint density at radius 3 is 2.44 bits per heavy atom. The van der Waals surface area contributed by atoms with Crippen LogP contribution in [0.3, 0.4) is 0 Å². The summed E-state index contributed by atoms with van der Waals surface area (Å²) in [5, 5.41) is 4.60. The van der Waals surface area contributed by atoms with Gasteiger partial charge in [0, 0.05) is 31.3 Å². The second-order valence-electron chi connectivity index (χ2n) is 6.76. The molecule has 0 saturated carbocycles. The molecule has 6 nitrogen and oxygen atoms in total. The number of rotatable bonds is 8. The predicted octanol–water partition coefficient (Wildman–Crippen LogP) is 3.47. The molecule has 0 atom stereocenters. The number of esters is 1. The highest BCUT2D eigenvalue weighted by molar-refractivity contribution is 5.94. The largest absolute Gasteiger partial charge is 0.469 e. The van der Waals surface area contributed by atoms with Crippen molar-refractivity contribution in [1.29, 1.82) is 0 Å². The van der Waals surface area contributed by atoms with Crippen molar-refractivity contribution in [3.63, 3.8) is 0 Å². The van der Waals surface area contributed by atoms with Crippen LogP contribution in [0.1, 0.15) is 53.5 Å². The van der Waals surface area contributed by atoms with E-state index >= 15 is 0 Å². The molecule has 0 spiro atoms. The van der Waals surface area contributed by atoms with Crippen LogP contribution in [0, 0.1) is 13.8 Å². The van der Waals surface area contributed by atoms with Gasteiger partial charge in [-0.1, -0.05) is 13.3 Å². The average Bonchev–Trinajstić information content (AvgIpc) is 2.97. The Morgan fingerprint density at radius 2 is 1.85 bits per heavy atom. The van der Waals surface area contributed by atoms with E-state index < -0.39 is 0 Å². The normalized spacial score (nSPS) is 10.7. The second-order valence-corrected chi connectivity index (χ2v) is 6.76. The third-order valence-corrected chi connectivity index (χ3v) is 4.80. The summed E-state index contributed by atoms with van der Waals surface area (Å²) in [5.74, 6) is -0.196. The molecule has 0 aliphatic heterocycles. The predicted molar refractivity (Wildman–Crippen MR) is 105 cm³/mol. The third-order valence-electron chi connectivity index (χ3n) is 4.80. The van der Waals surface area contributed by atoms with E-state index in [1.807, 2.05) is 49.8 Å². The van der Waals surface area contributed by atoms with Crippen molar-refractivity contribution in [1.82, 2.24) is 14.7 Å². The Kier molecular flexibility index (Phi) is 7.16. The smallest absolute Gasteiger partial charge is 0.305 e. The van der Waals surface area contributed by atoms with E-state index in [0.29, 0.717) is 18.4 Å². The van der Waals surface area contributed by atoms with E-state index in [9.17, 15) is 9.59 Å². The Hall–Kier alpha value is -2.63. The Morgan fingerprint density at radius 1 is 1.19 bits per heavy atom. The summed E-state index contributed by atoms with van der Waals surface area (Å²) in [5.41, 5.74) is 4.52. The van der Waals surface area contributed by atoms with E-state index in [2.05, 4.69) is 12.0 Å². The maximum absolute atomic E-state index is 12.5. The van der Waals surface area contributed by atoms with Gasteiger partial charge in [0.1, 0.15) is 0 Å². The molecule has 1 heterocycles. The summed E-state index contributed by atoms with van der Waals surface area (Å²) in [4.78, 5) is 25.6. The molecular formula is C21H29N3O3. The number of hydrogen-bond acceptors (Lipinski definition) is 4. The molecule has 1 aromatic carbocycles. The molecule has 2 rings (SSSR count). The van der Waals surface area contributed by atoms with E-state index in [0.717, 1.165) is 42.0 Å². The van der Waals surface area contributed by atoms with Crippen LogP contribution >= 0.6 is 0 Å². The van der Waals surface area contributed by atoms with E-state index in [-0.39, 0.29) is 11.9 Å². The third kappa shape index (κ3) is 4.96. The summed E-state index contributed by atoms with van der Waals surface area (Å²) in [6.07, 6.45) is 3.00. The van der Waals surface area contributed by atoms with Gasteiger partial charge in [0.2, 0.25) is 0 Å². The lowest BCUT2D eigenvalue weighted by atomic mass is 10.1. The molecule has 2 aromatic rings. The van der Waals surface area contributed by atoms with Crippen LogP contribution in [0.5, 0.6) is 0 Å². The highest BCUT2D eigenvalue weighted by Crippen LogP contribution is 2.20. The van der Waals surface area contributed by atoms with Gasteiger partial charge >= 0.3 is 5.97 Å². The minimum atomic E-state index is -0.225. The van der Waals surface area contributed by atoms with E-state index in [1.54, 1.807) is 4.90 Å². The van der Waals surface area contributed by atoms with Gasteiger partial charge in [-0.2, -0.15) is 5.10 Å². The molecular weight excluding hydrogens is 342 g/mol. The van der Waals surface area contributed by atoms with Crippen LogP contribution in [0.25, 0.3) is 5.69 Å². The molecule has 0 unspecified atom stereocenters. The molecule has 0 fully saturated rings. The molecule has 0 saturated heterocycles. The first-order valence-electron chi connectivity index (χ1n) is 9.36. The number of aryl methyl sites for hydroxylation is 1. The van der Waals surface area contributed by atoms with E-state index in [4.69, 9.17) is 4.74 Å². The first kappa shape index (κ1) is 20.7. The Bertz CT molecular complexity index is 794. The molecule has 6 heteroatoms. The number of benzene rings is 1. The number of nitrogens with zero attached hydrogens (tertiary/aromatic N) is 3. The SMILES string of the molecule is CCCCN(C)C(=O)c1ccc(-n2nc(C)c(CCC(=O)OC)c2C)cc1. The zero-order valence-electron chi connectivity index (χ0n) is 16.9. The van der Waals surface area contributed by atoms with Crippen LogP contribution < -0.4 is 0 Å². The molecule has 0 N–H and O–H groups in total. The van der Waals surface area contributed by atoms with Crippen LogP contribution in [0.15, 0.2) is 24.3 Å². The van der Waals surface area contributed by atoms with Gasteiger partial charge in [-0.15, -0.1) is 0 Å². The Labute approximate surface area is 161 Å². The minimum Gasteiger partial charge on any atom is -0.469 e. The van der Waals surface area contributed by atoms with Crippen LogP contribution in [-0.2, 0) is 16.0 Å². The fourth-order valence-electron chi connectivity index (χ4n) is 3.08. The lowest BCUT2D eigenvalue weighted by molar-refractivity contribution is -0.140. The molecule has 0 bridgehead atoms. The molecule has 146 valence electrons. The number of methoxy groups -OCH3 is 1. The number of hydrogen-bond donors (Lipinski definition) is 0. The first-order chi connectivity index (χ1) is 12.9. The molecule has 0 aliphatic carbocycles. The van der Waals surface area contributed by atoms with Gasteiger partial charge < -0.3 is 9.64 Å². The topological polar surface area (TPSA) is 64.4 Å². The highest BCUT2D eigenvalue weighted by atomic mass is 16.5. The average molecular weight is 371 g/mol. The Balaban J connectivity index is 2.17. The molecule has 27 heavy (non-hydrogen) atoms. The van der Waals surface area contributed by atoms with Gasteiger partial charge in [-0.05, 0) is 56.5 Å². The monoisotopic (exact) mass is 371 g/mol. The van der Waals surface area contributed by atoms with Gasteiger partial charge in [-0.25, -0.2) is 4.68 Å². The van der Waals surface area contributed by atoms with Crippen LogP contribution in [-0.4, -0.2) is 47.3 Å². The number of carbonyl (C=O) groups excluding carboxylic acids is 2. The molecule has 1 amide bonds. The van der Waals surface area contributed by atoms with Gasteiger partial charge in [0.05, 0.1) is 18.5 Å². The summed E-state index contributed by atoms with van der Waals surface area (Å²) in [7, 11) is 3.23. The first-order valence-corrected chi connectivity index (χ1v) is 9.36. The number of carbonyl (C=O) groups is 2.